The maximum Gasteiger partial charge on any atom is 0.337 e. The van der Waals surface area contributed by atoms with Gasteiger partial charge in [0.2, 0.25) is 0 Å². The third-order valence-corrected chi connectivity index (χ3v) is 4.19. The van der Waals surface area contributed by atoms with Gasteiger partial charge in [0.15, 0.2) is 0 Å². The molecule has 0 spiro atoms. The van der Waals surface area contributed by atoms with Crippen molar-refractivity contribution in [3.63, 3.8) is 0 Å². The molecular weight excluding hydrogens is 229 g/mol. The molecule has 0 N–H and O–H groups in total. The summed E-state index contributed by atoms with van der Waals surface area (Å²) in [7, 11) is -0.721. The van der Waals surface area contributed by atoms with Crippen LogP contribution in [0.25, 0.3) is 0 Å². The minimum atomic E-state index is -3.24. The van der Waals surface area contributed by atoms with Crippen molar-refractivity contribution in [3.05, 3.63) is 0 Å². The number of ketones is 1. The Labute approximate surface area is 96.3 Å². The summed E-state index contributed by atoms with van der Waals surface area (Å²) in [5.41, 5.74) is 0. The first-order valence-electron chi connectivity index (χ1n) is 5.09. The molecule has 0 heterocycles. The van der Waals surface area contributed by atoms with Gasteiger partial charge in [0, 0.05) is 26.6 Å². The lowest BCUT2D eigenvalue weighted by Crippen LogP contribution is -2.16. The molecule has 0 aliphatic carbocycles. The van der Waals surface area contributed by atoms with Crippen molar-refractivity contribution >= 4 is 13.4 Å². The summed E-state index contributed by atoms with van der Waals surface area (Å²) in [5.74, 6) is -0.364. The molecule has 0 amide bonds. The molecule has 0 aliphatic rings. The summed E-state index contributed by atoms with van der Waals surface area (Å²) in [6.45, 7) is 1.76. The third kappa shape index (κ3) is 5.41. The molecule has 0 saturated carbocycles. The lowest BCUT2D eigenvalue weighted by molar-refractivity contribution is -0.120. The molecule has 1 atom stereocenters. The van der Waals surface area contributed by atoms with E-state index in [2.05, 4.69) is 0 Å². The minimum Gasteiger partial charge on any atom is -0.312 e. The van der Waals surface area contributed by atoms with E-state index in [4.69, 9.17) is 14.3 Å². The van der Waals surface area contributed by atoms with Gasteiger partial charge in [-0.25, -0.2) is 0 Å². The third-order valence-electron chi connectivity index (χ3n) is 2.38. The van der Waals surface area contributed by atoms with E-state index in [0.717, 1.165) is 0 Å². The monoisotopic (exact) mass is 247 g/mol. The molecule has 5 nitrogen and oxygen atoms in total. The van der Waals surface area contributed by atoms with Crippen LogP contribution in [0, 0.1) is 17.2 Å². The van der Waals surface area contributed by atoms with Crippen LogP contribution >= 0.6 is 7.60 Å². The van der Waals surface area contributed by atoms with Crippen molar-refractivity contribution in [1.82, 2.24) is 0 Å². The zero-order valence-corrected chi connectivity index (χ0v) is 10.8. The number of hydrogen-bond donors (Lipinski definition) is 0. The minimum absolute atomic E-state index is 0.148. The van der Waals surface area contributed by atoms with E-state index in [1.165, 1.54) is 14.2 Å². The molecule has 0 bridgehead atoms. The van der Waals surface area contributed by atoms with E-state index < -0.39 is 7.60 Å². The molecule has 0 aliphatic heterocycles. The second kappa shape index (κ2) is 7.56. The number of rotatable bonds is 8. The van der Waals surface area contributed by atoms with Crippen LogP contribution in [0.4, 0.5) is 0 Å². The number of nitriles is 1. The second-order valence-electron chi connectivity index (χ2n) is 3.55. The van der Waals surface area contributed by atoms with E-state index >= 15 is 0 Å². The summed E-state index contributed by atoms with van der Waals surface area (Å²) in [6, 6.07) is 2.02. The van der Waals surface area contributed by atoms with Gasteiger partial charge in [-0.2, -0.15) is 5.26 Å². The Morgan fingerprint density at radius 1 is 1.44 bits per heavy atom. The van der Waals surface area contributed by atoms with Crippen LogP contribution in [0.5, 0.6) is 0 Å². The molecular formula is C10H18NO4P. The van der Waals surface area contributed by atoms with Crippen molar-refractivity contribution < 1.29 is 18.4 Å². The number of carbonyl (C=O) groups excluding carboxylic acids is 1. The number of carbonyl (C=O) groups is 1. The largest absolute Gasteiger partial charge is 0.337 e. The van der Waals surface area contributed by atoms with Crippen molar-refractivity contribution in [2.24, 2.45) is 5.92 Å². The van der Waals surface area contributed by atoms with Crippen LogP contribution in [-0.4, -0.2) is 26.2 Å². The number of Topliss-reactive ketones (excluding diaryl/α,β-unsaturated/α-hetero) is 1. The highest BCUT2D eigenvalue weighted by Crippen LogP contribution is 2.46. The molecule has 1 unspecified atom stereocenters. The van der Waals surface area contributed by atoms with Crippen LogP contribution in [0.1, 0.15) is 26.2 Å². The normalized spacial score (nSPS) is 13.1. The second-order valence-corrected chi connectivity index (χ2v) is 5.82. The molecule has 0 aromatic carbocycles. The van der Waals surface area contributed by atoms with Crippen LogP contribution in [-0.2, 0) is 18.4 Å². The van der Waals surface area contributed by atoms with Gasteiger partial charge in [0.1, 0.15) is 11.9 Å². The molecule has 0 saturated heterocycles. The highest BCUT2D eigenvalue weighted by Gasteiger charge is 2.27. The maximum absolute atomic E-state index is 11.7. The van der Waals surface area contributed by atoms with Gasteiger partial charge >= 0.3 is 7.60 Å². The van der Waals surface area contributed by atoms with Gasteiger partial charge in [-0.1, -0.05) is 6.92 Å². The van der Waals surface area contributed by atoms with Crippen molar-refractivity contribution in [3.8, 4) is 6.07 Å². The summed E-state index contributed by atoms with van der Waals surface area (Å²) in [4.78, 5) is 11.7. The zero-order valence-electron chi connectivity index (χ0n) is 9.93. The molecule has 0 rings (SSSR count). The van der Waals surface area contributed by atoms with E-state index in [1.54, 1.807) is 6.92 Å². The predicted octanol–water partition coefficient (Wildman–Crippen LogP) is 2.37. The summed E-state index contributed by atoms with van der Waals surface area (Å²) < 4.78 is 21.1. The SMILES string of the molecule is COP(=O)(CC(=O)C(C)CCCC#N)OC. The Morgan fingerprint density at radius 2 is 2.00 bits per heavy atom. The summed E-state index contributed by atoms with van der Waals surface area (Å²) in [6.07, 6.45) is 1.53. The molecule has 16 heavy (non-hydrogen) atoms. The van der Waals surface area contributed by atoms with Crippen LogP contribution in [0.2, 0.25) is 0 Å². The molecule has 0 aromatic heterocycles. The molecule has 6 heteroatoms. The lowest BCUT2D eigenvalue weighted by atomic mass is 10.0. The highest BCUT2D eigenvalue weighted by atomic mass is 31.2. The topological polar surface area (TPSA) is 76.4 Å². The van der Waals surface area contributed by atoms with Crippen molar-refractivity contribution in [1.29, 1.82) is 5.26 Å². The Hall–Kier alpha value is -0.690. The van der Waals surface area contributed by atoms with Gasteiger partial charge in [-0.3, -0.25) is 9.36 Å². The molecule has 92 valence electrons. The number of nitrogens with zero attached hydrogens (tertiary/aromatic N) is 1. The van der Waals surface area contributed by atoms with Gasteiger partial charge in [0.25, 0.3) is 0 Å². The molecule has 0 radical (unpaired) electrons. The first kappa shape index (κ1) is 15.3. The standard InChI is InChI=1S/C10H18NO4P/c1-9(6-4-5-7-11)10(12)8-16(13,14-2)15-3/h9H,4-6,8H2,1-3H3. The Morgan fingerprint density at radius 3 is 2.44 bits per heavy atom. The first-order valence-corrected chi connectivity index (χ1v) is 6.82. The quantitative estimate of drug-likeness (QED) is 0.486. The predicted molar refractivity (Wildman–Crippen MR) is 60.1 cm³/mol. The van der Waals surface area contributed by atoms with E-state index in [1.807, 2.05) is 6.07 Å². The average Bonchev–Trinajstić information content (AvgIpc) is 2.29. The van der Waals surface area contributed by atoms with E-state index in [0.29, 0.717) is 19.3 Å². The van der Waals surface area contributed by atoms with Gasteiger partial charge < -0.3 is 9.05 Å². The fourth-order valence-electron chi connectivity index (χ4n) is 1.20. The van der Waals surface area contributed by atoms with Gasteiger partial charge in [0.05, 0.1) is 6.07 Å². The summed E-state index contributed by atoms with van der Waals surface area (Å²) >= 11 is 0. The number of unbranched alkanes of at least 4 members (excludes halogenated alkanes) is 1. The Balaban J connectivity index is 4.15. The van der Waals surface area contributed by atoms with Crippen molar-refractivity contribution in [2.75, 3.05) is 20.4 Å². The van der Waals surface area contributed by atoms with Crippen molar-refractivity contribution in [2.45, 2.75) is 26.2 Å². The first-order chi connectivity index (χ1) is 7.49. The smallest absolute Gasteiger partial charge is 0.312 e. The molecule has 0 fully saturated rings. The summed E-state index contributed by atoms with van der Waals surface area (Å²) in [5, 5.41) is 8.36. The van der Waals surface area contributed by atoms with E-state index in [-0.39, 0.29) is 17.9 Å². The van der Waals surface area contributed by atoms with E-state index in [9.17, 15) is 9.36 Å². The van der Waals surface area contributed by atoms with Gasteiger partial charge in [-0.15, -0.1) is 0 Å². The highest BCUT2D eigenvalue weighted by molar-refractivity contribution is 7.54. The van der Waals surface area contributed by atoms with Crippen LogP contribution in [0.15, 0.2) is 0 Å². The fraction of sp³-hybridized carbons (Fsp3) is 0.800. The maximum atomic E-state index is 11.7. The zero-order chi connectivity index (χ0) is 12.6. The average molecular weight is 247 g/mol. The Kier molecular flexibility index (Phi) is 7.24. The van der Waals surface area contributed by atoms with Crippen LogP contribution < -0.4 is 0 Å². The Bertz CT molecular complexity index is 302. The lowest BCUT2D eigenvalue weighted by Gasteiger charge is -2.15. The van der Waals surface area contributed by atoms with Crippen LogP contribution in [0.3, 0.4) is 0 Å². The number of hydrogen-bond acceptors (Lipinski definition) is 5. The van der Waals surface area contributed by atoms with Gasteiger partial charge in [-0.05, 0) is 12.8 Å². The molecule has 0 aromatic rings. The fourth-order valence-corrected chi connectivity index (χ4v) is 2.30.